The van der Waals surface area contributed by atoms with Crippen LogP contribution in [-0.4, -0.2) is 11.5 Å². The summed E-state index contributed by atoms with van der Waals surface area (Å²) in [5.74, 6) is 0.953. The van der Waals surface area contributed by atoms with Gasteiger partial charge in [-0.1, -0.05) is 24.6 Å². The lowest BCUT2D eigenvalue weighted by Crippen LogP contribution is -2.19. The van der Waals surface area contributed by atoms with Crippen molar-refractivity contribution in [2.24, 2.45) is 0 Å². The van der Waals surface area contributed by atoms with E-state index < -0.39 is 0 Å². The quantitative estimate of drug-likeness (QED) is 0.743. The molecule has 4 heteroatoms. The van der Waals surface area contributed by atoms with Gasteiger partial charge in [0.05, 0.1) is 11.4 Å². The summed E-state index contributed by atoms with van der Waals surface area (Å²) >= 11 is 3.61. The second-order valence-electron chi connectivity index (χ2n) is 4.94. The second kappa shape index (κ2) is 7.81. The van der Waals surface area contributed by atoms with Crippen LogP contribution in [0.25, 0.3) is 0 Å². The molecule has 2 rings (SSSR count). The smallest absolute Gasteiger partial charge is 0.103 e. The van der Waals surface area contributed by atoms with Crippen LogP contribution in [0.1, 0.15) is 42.6 Å². The molecule has 0 aliphatic heterocycles. The molecule has 0 fully saturated rings. The molecular weight excluding hydrogens is 284 g/mol. The lowest BCUT2D eigenvalue weighted by molar-refractivity contribution is 0.560. The largest absolute Gasteiger partial charge is 0.309 e. The van der Waals surface area contributed by atoms with Crippen LogP contribution in [0.5, 0.6) is 0 Å². The summed E-state index contributed by atoms with van der Waals surface area (Å²) in [6, 6.07) is 9.03. The van der Waals surface area contributed by atoms with Crippen LogP contribution in [0.15, 0.2) is 34.5 Å². The van der Waals surface area contributed by atoms with Crippen LogP contribution in [0.4, 0.5) is 0 Å². The fourth-order valence-corrected chi connectivity index (χ4v) is 3.64. The maximum atomic E-state index is 4.73. The summed E-state index contributed by atoms with van der Waals surface area (Å²) in [7, 11) is 0. The van der Waals surface area contributed by atoms with Gasteiger partial charge < -0.3 is 5.32 Å². The standard InChI is InChI=1S/C16H22N2S2/c1-4-9-17-13(3)15-10-20-16(18-15)11-19-14-7-5-12(2)6-8-14/h5-8,10,13,17H,4,9,11H2,1-3H3. The average molecular weight is 306 g/mol. The first kappa shape index (κ1) is 15.5. The topological polar surface area (TPSA) is 24.9 Å². The van der Waals surface area contributed by atoms with Crippen molar-refractivity contribution in [3.05, 3.63) is 45.9 Å². The maximum Gasteiger partial charge on any atom is 0.103 e. The van der Waals surface area contributed by atoms with E-state index in [1.54, 1.807) is 11.3 Å². The Hall–Kier alpha value is -0.840. The zero-order chi connectivity index (χ0) is 14.4. The number of rotatable bonds is 7. The van der Waals surface area contributed by atoms with Gasteiger partial charge in [-0.3, -0.25) is 0 Å². The molecule has 2 nitrogen and oxygen atoms in total. The number of benzene rings is 1. The molecule has 1 heterocycles. The highest BCUT2D eigenvalue weighted by Gasteiger charge is 2.09. The Balaban J connectivity index is 1.87. The number of aryl methyl sites for hydroxylation is 1. The molecule has 0 saturated heterocycles. The van der Waals surface area contributed by atoms with E-state index in [1.807, 2.05) is 11.8 Å². The number of aromatic nitrogens is 1. The van der Waals surface area contributed by atoms with E-state index in [2.05, 4.69) is 55.7 Å². The van der Waals surface area contributed by atoms with Crippen molar-refractivity contribution in [2.75, 3.05) is 6.54 Å². The Morgan fingerprint density at radius 2 is 2.05 bits per heavy atom. The predicted octanol–water partition coefficient (Wildman–Crippen LogP) is 4.80. The van der Waals surface area contributed by atoms with Crippen molar-refractivity contribution >= 4 is 23.1 Å². The van der Waals surface area contributed by atoms with Gasteiger partial charge in [-0.2, -0.15) is 0 Å². The SMILES string of the molecule is CCCNC(C)c1csc(CSc2ccc(C)cc2)n1. The van der Waals surface area contributed by atoms with Crippen LogP contribution in [0, 0.1) is 6.92 Å². The highest BCUT2D eigenvalue weighted by Crippen LogP contribution is 2.26. The Morgan fingerprint density at radius 1 is 1.30 bits per heavy atom. The molecule has 1 aromatic carbocycles. The zero-order valence-electron chi connectivity index (χ0n) is 12.3. The van der Waals surface area contributed by atoms with Crippen molar-refractivity contribution in [3.63, 3.8) is 0 Å². The number of thioether (sulfide) groups is 1. The van der Waals surface area contributed by atoms with E-state index in [9.17, 15) is 0 Å². The summed E-state index contributed by atoms with van der Waals surface area (Å²) in [5.41, 5.74) is 2.48. The molecule has 2 aromatic rings. The minimum Gasteiger partial charge on any atom is -0.309 e. The first-order valence-electron chi connectivity index (χ1n) is 7.06. The number of hydrogen-bond donors (Lipinski definition) is 1. The fourth-order valence-electron chi connectivity index (χ4n) is 1.84. The Kier molecular flexibility index (Phi) is 6.07. The minimum absolute atomic E-state index is 0.351. The Labute approximate surface area is 130 Å². The average Bonchev–Trinajstić information content (AvgIpc) is 2.93. The predicted molar refractivity (Wildman–Crippen MR) is 89.6 cm³/mol. The van der Waals surface area contributed by atoms with Crippen LogP contribution >= 0.6 is 23.1 Å². The lowest BCUT2D eigenvalue weighted by atomic mass is 10.2. The van der Waals surface area contributed by atoms with Crippen LogP contribution < -0.4 is 5.32 Å². The van der Waals surface area contributed by atoms with E-state index in [0.717, 1.165) is 18.7 Å². The third-order valence-electron chi connectivity index (χ3n) is 3.10. The summed E-state index contributed by atoms with van der Waals surface area (Å²) in [5, 5.41) is 6.86. The zero-order valence-corrected chi connectivity index (χ0v) is 14.0. The van der Waals surface area contributed by atoms with Gasteiger partial charge in [-0.25, -0.2) is 4.98 Å². The molecule has 20 heavy (non-hydrogen) atoms. The van der Waals surface area contributed by atoms with Gasteiger partial charge in [-0.05, 0) is 38.9 Å². The number of thiazole rings is 1. The van der Waals surface area contributed by atoms with Crippen LogP contribution in [-0.2, 0) is 5.75 Å². The summed E-state index contributed by atoms with van der Waals surface area (Å²) < 4.78 is 0. The Bertz CT molecular complexity index is 520. The number of nitrogens with one attached hydrogen (secondary N) is 1. The van der Waals surface area contributed by atoms with Crippen LogP contribution in [0.3, 0.4) is 0 Å². The van der Waals surface area contributed by atoms with Gasteiger partial charge >= 0.3 is 0 Å². The molecular formula is C16H22N2S2. The van der Waals surface area contributed by atoms with E-state index in [1.165, 1.54) is 21.2 Å². The molecule has 108 valence electrons. The highest BCUT2D eigenvalue weighted by atomic mass is 32.2. The molecule has 1 unspecified atom stereocenters. The normalized spacial score (nSPS) is 12.6. The number of hydrogen-bond acceptors (Lipinski definition) is 4. The van der Waals surface area contributed by atoms with Crippen molar-refractivity contribution in [3.8, 4) is 0 Å². The van der Waals surface area contributed by atoms with Gasteiger partial charge in [0, 0.05) is 16.3 Å². The van der Waals surface area contributed by atoms with Crippen molar-refractivity contribution in [1.82, 2.24) is 10.3 Å². The number of nitrogens with zero attached hydrogens (tertiary/aromatic N) is 1. The van der Waals surface area contributed by atoms with Crippen molar-refractivity contribution in [2.45, 2.75) is 43.9 Å². The molecule has 0 amide bonds. The molecule has 0 bridgehead atoms. The van der Waals surface area contributed by atoms with E-state index >= 15 is 0 Å². The molecule has 0 saturated carbocycles. The summed E-state index contributed by atoms with van der Waals surface area (Å²) in [6.45, 7) is 7.53. The molecule has 0 radical (unpaired) electrons. The third kappa shape index (κ3) is 4.62. The van der Waals surface area contributed by atoms with E-state index in [0.29, 0.717) is 6.04 Å². The highest BCUT2D eigenvalue weighted by molar-refractivity contribution is 7.98. The van der Waals surface area contributed by atoms with E-state index in [-0.39, 0.29) is 0 Å². The van der Waals surface area contributed by atoms with Gasteiger partial charge in [0.2, 0.25) is 0 Å². The minimum atomic E-state index is 0.351. The van der Waals surface area contributed by atoms with Gasteiger partial charge in [0.25, 0.3) is 0 Å². The second-order valence-corrected chi connectivity index (χ2v) is 6.94. The third-order valence-corrected chi connectivity index (χ3v) is 5.17. The van der Waals surface area contributed by atoms with Gasteiger partial charge in [0.1, 0.15) is 5.01 Å². The van der Waals surface area contributed by atoms with Gasteiger partial charge in [0.15, 0.2) is 0 Å². The monoisotopic (exact) mass is 306 g/mol. The summed E-state index contributed by atoms with van der Waals surface area (Å²) in [6.07, 6.45) is 1.16. The molecule has 1 N–H and O–H groups in total. The first-order chi connectivity index (χ1) is 9.69. The molecule has 0 spiro atoms. The van der Waals surface area contributed by atoms with Gasteiger partial charge in [-0.15, -0.1) is 23.1 Å². The van der Waals surface area contributed by atoms with Crippen molar-refractivity contribution in [1.29, 1.82) is 0 Å². The molecule has 0 aliphatic carbocycles. The summed E-state index contributed by atoms with van der Waals surface area (Å²) in [4.78, 5) is 6.04. The Morgan fingerprint density at radius 3 is 2.75 bits per heavy atom. The van der Waals surface area contributed by atoms with Crippen molar-refractivity contribution < 1.29 is 0 Å². The van der Waals surface area contributed by atoms with Crippen LogP contribution in [0.2, 0.25) is 0 Å². The first-order valence-corrected chi connectivity index (χ1v) is 8.92. The fraction of sp³-hybridized carbons (Fsp3) is 0.438. The molecule has 1 aromatic heterocycles. The molecule has 1 atom stereocenters. The maximum absolute atomic E-state index is 4.73. The lowest BCUT2D eigenvalue weighted by Gasteiger charge is -2.09. The molecule has 0 aliphatic rings. The van der Waals surface area contributed by atoms with E-state index in [4.69, 9.17) is 4.98 Å².